The first-order chi connectivity index (χ1) is 15.5. The molecule has 2 aromatic carbocycles. The summed E-state index contributed by atoms with van der Waals surface area (Å²) in [5.74, 6) is 0.573. The van der Waals surface area contributed by atoms with Crippen LogP contribution in [0.25, 0.3) is 17.0 Å². The fourth-order valence-corrected chi connectivity index (χ4v) is 5.28. The van der Waals surface area contributed by atoms with Gasteiger partial charge in [-0.15, -0.1) is 0 Å². The van der Waals surface area contributed by atoms with Crippen LogP contribution in [0, 0.1) is 0 Å². The summed E-state index contributed by atoms with van der Waals surface area (Å²) < 4.78 is 14.6. The molecule has 1 fully saturated rings. The molecule has 166 valence electrons. The van der Waals surface area contributed by atoms with Crippen LogP contribution in [-0.4, -0.2) is 46.6 Å². The number of methoxy groups -OCH3 is 1. The zero-order chi connectivity index (χ0) is 22.7. The highest BCUT2D eigenvalue weighted by Gasteiger charge is 2.31. The minimum Gasteiger partial charge on any atom is -0.490 e. The van der Waals surface area contributed by atoms with Gasteiger partial charge in [0.2, 0.25) is 0 Å². The number of thioether (sulfide) groups is 1. The van der Waals surface area contributed by atoms with Gasteiger partial charge in [-0.2, -0.15) is 0 Å². The first kappa shape index (κ1) is 23.3. The molecular formula is C23H20BrClN2O3S2. The lowest BCUT2D eigenvalue weighted by molar-refractivity contribution is -0.122. The van der Waals surface area contributed by atoms with Gasteiger partial charge in [0.25, 0.3) is 5.91 Å². The van der Waals surface area contributed by atoms with E-state index in [1.54, 1.807) is 18.1 Å². The van der Waals surface area contributed by atoms with Crippen LogP contribution in [0.1, 0.15) is 5.56 Å². The van der Waals surface area contributed by atoms with Crippen molar-refractivity contribution in [2.24, 2.45) is 0 Å². The Morgan fingerprint density at radius 2 is 2.00 bits per heavy atom. The number of nitrogens with zero attached hydrogens (tertiary/aromatic N) is 2. The molecule has 0 radical (unpaired) electrons. The molecule has 9 heteroatoms. The smallest absolute Gasteiger partial charge is 0.266 e. The van der Waals surface area contributed by atoms with Gasteiger partial charge in [0.1, 0.15) is 16.7 Å². The van der Waals surface area contributed by atoms with E-state index >= 15 is 0 Å². The van der Waals surface area contributed by atoms with Crippen molar-refractivity contribution >= 4 is 78.7 Å². The zero-order valence-corrected chi connectivity index (χ0v) is 21.2. The summed E-state index contributed by atoms with van der Waals surface area (Å²) in [6.45, 7) is 1.98. The van der Waals surface area contributed by atoms with Crippen LogP contribution in [0.15, 0.2) is 58.0 Å². The summed E-state index contributed by atoms with van der Waals surface area (Å²) in [5.41, 5.74) is 2.00. The minimum absolute atomic E-state index is 0.0880. The molecule has 0 N–H and O–H groups in total. The third-order valence-corrected chi connectivity index (χ3v) is 7.16. The molecule has 0 bridgehead atoms. The maximum Gasteiger partial charge on any atom is 0.266 e. The summed E-state index contributed by atoms with van der Waals surface area (Å²) in [5, 5.41) is 1.63. The second-order valence-corrected chi connectivity index (χ2v) is 10.0. The van der Waals surface area contributed by atoms with E-state index in [4.69, 9.17) is 33.3 Å². The molecule has 1 aliphatic heterocycles. The Hall–Kier alpha value is -1.84. The summed E-state index contributed by atoms with van der Waals surface area (Å²) in [6.07, 6.45) is 3.95. The van der Waals surface area contributed by atoms with Crippen LogP contribution >= 0.6 is 51.5 Å². The Bertz CT molecular complexity index is 1210. The Kier molecular flexibility index (Phi) is 7.58. The predicted molar refractivity (Wildman–Crippen MR) is 138 cm³/mol. The number of hydrogen-bond acceptors (Lipinski definition) is 5. The molecule has 0 spiro atoms. The molecule has 4 rings (SSSR count). The molecule has 2 heterocycles. The van der Waals surface area contributed by atoms with Gasteiger partial charge >= 0.3 is 0 Å². The molecule has 0 unspecified atom stereocenters. The van der Waals surface area contributed by atoms with Crippen LogP contribution in [0.4, 0.5) is 0 Å². The van der Waals surface area contributed by atoms with Crippen LogP contribution in [0.3, 0.4) is 0 Å². The Balaban J connectivity index is 1.59. The quantitative estimate of drug-likeness (QED) is 0.254. The maximum atomic E-state index is 12.8. The second-order valence-electron chi connectivity index (χ2n) is 7.04. The maximum absolute atomic E-state index is 12.8. The highest BCUT2D eigenvalue weighted by Crippen LogP contribution is 2.35. The first-order valence-electron chi connectivity index (χ1n) is 9.88. The Morgan fingerprint density at radius 1 is 1.19 bits per heavy atom. The average Bonchev–Trinajstić information content (AvgIpc) is 3.24. The molecule has 1 saturated heterocycles. The number of halogens is 2. The van der Waals surface area contributed by atoms with Crippen molar-refractivity contribution < 1.29 is 14.3 Å². The molecular weight excluding hydrogens is 532 g/mol. The van der Waals surface area contributed by atoms with Crippen molar-refractivity contribution in [3.05, 3.63) is 68.6 Å². The standard InChI is InChI=1S/C23H20BrClN2O3S2/c1-29-10-9-27-22(28)21(32-23(27)31)12-15-14-26(19-7-6-16(24)13-17(15)19)8-11-30-20-5-3-2-4-18(20)25/h2-7,12-14H,8-11H2,1H3/b21-12-. The number of fused-ring (bicyclic) bond motifs is 1. The Morgan fingerprint density at radius 3 is 2.78 bits per heavy atom. The minimum atomic E-state index is -0.0880. The number of carbonyl (C=O) groups excluding carboxylic acids is 1. The molecule has 0 atom stereocenters. The van der Waals surface area contributed by atoms with Crippen LogP contribution < -0.4 is 4.74 Å². The number of para-hydroxylation sites is 1. The highest BCUT2D eigenvalue weighted by molar-refractivity contribution is 9.10. The average molecular weight is 552 g/mol. The van der Waals surface area contributed by atoms with Crippen LogP contribution in [0.5, 0.6) is 5.75 Å². The van der Waals surface area contributed by atoms with E-state index in [1.165, 1.54) is 11.8 Å². The van der Waals surface area contributed by atoms with E-state index < -0.39 is 0 Å². The number of carbonyl (C=O) groups is 1. The third-order valence-electron chi connectivity index (χ3n) is 4.98. The lowest BCUT2D eigenvalue weighted by Crippen LogP contribution is -2.31. The summed E-state index contributed by atoms with van der Waals surface area (Å²) in [6, 6.07) is 13.5. The van der Waals surface area contributed by atoms with Crippen LogP contribution in [-0.2, 0) is 16.1 Å². The van der Waals surface area contributed by atoms with Crippen molar-refractivity contribution in [1.29, 1.82) is 0 Å². The monoisotopic (exact) mass is 550 g/mol. The SMILES string of the molecule is COCCN1C(=O)/C(=C/c2cn(CCOc3ccccc3Cl)c3ccc(Br)cc23)SC1=S. The second kappa shape index (κ2) is 10.4. The summed E-state index contributed by atoms with van der Waals surface area (Å²) >= 11 is 16.5. The van der Waals surface area contributed by atoms with Crippen molar-refractivity contribution in [2.45, 2.75) is 6.54 Å². The number of aromatic nitrogens is 1. The van der Waals surface area contributed by atoms with E-state index in [9.17, 15) is 4.79 Å². The molecule has 1 amide bonds. The number of rotatable bonds is 8. The summed E-state index contributed by atoms with van der Waals surface area (Å²) in [4.78, 5) is 15.0. The van der Waals surface area contributed by atoms with Crippen molar-refractivity contribution in [1.82, 2.24) is 9.47 Å². The van der Waals surface area contributed by atoms with Crippen molar-refractivity contribution in [3.8, 4) is 5.75 Å². The van der Waals surface area contributed by atoms with E-state index in [-0.39, 0.29) is 5.91 Å². The molecule has 0 aliphatic carbocycles. The fraction of sp³-hybridized carbons (Fsp3) is 0.217. The fourth-order valence-electron chi connectivity index (χ4n) is 3.43. The van der Waals surface area contributed by atoms with E-state index in [0.29, 0.717) is 46.3 Å². The van der Waals surface area contributed by atoms with E-state index in [1.807, 2.05) is 36.5 Å². The highest BCUT2D eigenvalue weighted by atomic mass is 79.9. The predicted octanol–water partition coefficient (Wildman–Crippen LogP) is 5.98. The topological polar surface area (TPSA) is 43.7 Å². The largest absolute Gasteiger partial charge is 0.490 e. The van der Waals surface area contributed by atoms with Gasteiger partial charge in [-0.25, -0.2) is 0 Å². The lowest BCUT2D eigenvalue weighted by Gasteiger charge is -2.12. The number of benzene rings is 2. The molecule has 3 aromatic rings. The van der Waals surface area contributed by atoms with Crippen LogP contribution in [0.2, 0.25) is 5.02 Å². The van der Waals surface area contributed by atoms with Gasteiger partial charge in [0, 0.05) is 34.2 Å². The van der Waals surface area contributed by atoms with E-state index in [2.05, 4.69) is 32.6 Å². The van der Waals surface area contributed by atoms with Gasteiger partial charge in [-0.05, 0) is 36.4 Å². The van der Waals surface area contributed by atoms with Gasteiger partial charge in [0.15, 0.2) is 0 Å². The van der Waals surface area contributed by atoms with Crippen molar-refractivity contribution in [2.75, 3.05) is 26.9 Å². The van der Waals surface area contributed by atoms with Gasteiger partial charge < -0.3 is 14.0 Å². The normalized spacial score (nSPS) is 15.3. The first-order valence-corrected chi connectivity index (χ1v) is 12.3. The molecule has 1 aliphatic rings. The van der Waals surface area contributed by atoms with E-state index in [0.717, 1.165) is 20.9 Å². The third kappa shape index (κ3) is 5.05. The molecule has 0 saturated carbocycles. The van der Waals surface area contributed by atoms with Gasteiger partial charge in [-0.3, -0.25) is 9.69 Å². The zero-order valence-electron chi connectivity index (χ0n) is 17.2. The molecule has 5 nitrogen and oxygen atoms in total. The number of thiocarbonyl (C=S) groups is 1. The lowest BCUT2D eigenvalue weighted by atomic mass is 10.1. The molecule has 32 heavy (non-hydrogen) atoms. The number of hydrogen-bond donors (Lipinski definition) is 0. The van der Waals surface area contributed by atoms with Gasteiger partial charge in [-0.1, -0.05) is 63.6 Å². The molecule has 1 aromatic heterocycles. The summed E-state index contributed by atoms with van der Waals surface area (Å²) in [7, 11) is 1.61. The number of amides is 1. The van der Waals surface area contributed by atoms with Crippen molar-refractivity contribution in [3.63, 3.8) is 0 Å². The Labute approximate surface area is 209 Å². The van der Waals surface area contributed by atoms with Gasteiger partial charge in [0.05, 0.1) is 29.6 Å². The number of ether oxygens (including phenoxy) is 2.